The Hall–Kier alpha value is -0.900. The van der Waals surface area contributed by atoms with Gasteiger partial charge >= 0.3 is 0 Å². The number of hydrogen-bond donors (Lipinski definition) is 2. The lowest BCUT2D eigenvalue weighted by atomic mass is 9.51. The van der Waals surface area contributed by atoms with Crippen LogP contribution in [0.3, 0.4) is 0 Å². The molecule has 22 heavy (non-hydrogen) atoms. The van der Waals surface area contributed by atoms with E-state index < -0.39 is 0 Å². The highest BCUT2D eigenvalue weighted by molar-refractivity contribution is 5.42. The predicted octanol–water partition coefficient (Wildman–Crippen LogP) is 2.06. The van der Waals surface area contributed by atoms with E-state index in [1.807, 2.05) is 0 Å². The van der Waals surface area contributed by atoms with Gasteiger partial charge in [-0.3, -0.25) is 4.90 Å². The summed E-state index contributed by atoms with van der Waals surface area (Å²) in [5, 5.41) is 11.0. The van der Waals surface area contributed by atoms with Gasteiger partial charge in [-0.05, 0) is 68.8 Å². The summed E-state index contributed by atoms with van der Waals surface area (Å²) in [7, 11) is 0. The van der Waals surface area contributed by atoms with E-state index >= 15 is 0 Å². The topological polar surface area (TPSA) is 49.5 Å². The van der Waals surface area contributed by atoms with Crippen molar-refractivity contribution in [3.05, 3.63) is 35.4 Å². The minimum atomic E-state index is -0.160. The summed E-state index contributed by atoms with van der Waals surface area (Å²) in [6.45, 7) is 3.01. The van der Waals surface area contributed by atoms with Gasteiger partial charge in [0.1, 0.15) is 0 Å². The summed E-state index contributed by atoms with van der Waals surface area (Å²) in [6, 6.07) is 9.50. The van der Waals surface area contributed by atoms with Crippen molar-refractivity contribution in [3.63, 3.8) is 0 Å². The molecule has 1 aliphatic heterocycles. The number of aliphatic hydroxyl groups excluding tert-OH is 1. The molecule has 1 aromatic carbocycles. The molecule has 4 rings (SSSR count). The number of benzene rings is 1. The van der Waals surface area contributed by atoms with Crippen LogP contribution in [0.4, 0.5) is 0 Å². The highest BCUT2D eigenvalue weighted by atomic mass is 16.3. The van der Waals surface area contributed by atoms with Crippen molar-refractivity contribution >= 4 is 0 Å². The van der Waals surface area contributed by atoms with Gasteiger partial charge in [0.15, 0.2) is 0 Å². The fourth-order valence-corrected chi connectivity index (χ4v) is 5.66. The monoisotopic (exact) mass is 300 g/mol. The molecule has 3 N–H and O–H groups in total. The molecular formula is C19H28N2O. The van der Waals surface area contributed by atoms with Crippen LogP contribution >= 0.6 is 0 Å². The predicted molar refractivity (Wildman–Crippen MR) is 88.8 cm³/mol. The Morgan fingerprint density at radius 1 is 1.27 bits per heavy atom. The third-order valence-corrected chi connectivity index (χ3v) is 6.59. The van der Waals surface area contributed by atoms with Gasteiger partial charge in [-0.15, -0.1) is 0 Å². The van der Waals surface area contributed by atoms with Gasteiger partial charge in [0.05, 0.1) is 6.10 Å². The second-order valence-corrected chi connectivity index (χ2v) is 7.45. The first-order valence-corrected chi connectivity index (χ1v) is 8.98. The van der Waals surface area contributed by atoms with Gasteiger partial charge in [-0.25, -0.2) is 0 Å². The lowest BCUT2D eigenvalue weighted by molar-refractivity contribution is -0.0813. The van der Waals surface area contributed by atoms with E-state index in [0.29, 0.717) is 12.0 Å². The Labute approximate surface area is 133 Å². The molecule has 2 fully saturated rings. The Kier molecular flexibility index (Phi) is 3.75. The van der Waals surface area contributed by atoms with Crippen molar-refractivity contribution in [2.75, 3.05) is 19.6 Å². The molecule has 0 amide bonds. The van der Waals surface area contributed by atoms with Gasteiger partial charge in [-0.2, -0.15) is 0 Å². The van der Waals surface area contributed by atoms with Gasteiger partial charge in [-0.1, -0.05) is 30.7 Å². The molecule has 2 bridgehead atoms. The molecule has 1 saturated heterocycles. The zero-order valence-corrected chi connectivity index (χ0v) is 13.4. The van der Waals surface area contributed by atoms with Crippen LogP contribution in [0.15, 0.2) is 24.3 Å². The fraction of sp³-hybridized carbons (Fsp3) is 0.684. The first kappa shape index (κ1) is 14.7. The number of rotatable bonds is 3. The molecule has 4 atom stereocenters. The van der Waals surface area contributed by atoms with Gasteiger partial charge in [0.2, 0.25) is 0 Å². The van der Waals surface area contributed by atoms with E-state index in [1.165, 1.54) is 24.0 Å². The van der Waals surface area contributed by atoms with Crippen molar-refractivity contribution in [2.45, 2.75) is 56.1 Å². The highest BCUT2D eigenvalue weighted by Crippen LogP contribution is 2.55. The Balaban J connectivity index is 1.77. The summed E-state index contributed by atoms with van der Waals surface area (Å²) in [4.78, 5) is 2.67. The smallest absolute Gasteiger partial charge is 0.0640 e. The summed E-state index contributed by atoms with van der Waals surface area (Å²) in [6.07, 6.45) is 6.61. The van der Waals surface area contributed by atoms with Crippen molar-refractivity contribution in [1.82, 2.24) is 4.90 Å². The standard InChI is InChI=1S/C19H28N2O/c20-10-4-11-21-12-9-19-15-6-2-1-5-14(15)13-17(21)16(19)7-3-8-18(19)22/h1-2,5-6,16-18,22H,3-4,7-13,20H2/t16-,17+,18?,19+/m0/s1. The third-order valence-electron chi connectivity index (χ3n) is 6.59. The summed E-state index contributed by atoms with van der Waals surface area (Å²) >= 11 is 0. The normalized spacial score (nSPS) is 37.5. The van der Waals surface area contributed by atoms with Crippen molar-refractivity contribution < 1.29 is 5.11 Å². The fourth-order valence-electron chi connectivity index (χ4n) is 5.66. The molecule has 0 radical (unpaired) electrons. The number of fused-ring (bicyclic) bond motifs is 1. The van der Waals surface area contributed by atoms with Crippen molar-refractivity contribution in [1.29, 1.82) is 0 Å². The van der Waals surface area contributed by atoms with E-state index in [1.54, 1.807) is 0 Å². The van der Waals surface area contributed by atoms with Gasteiger partial charge in [0.25, 0.3) is 0 Å². The maximum atomic E-state index is 11.0. The quantitative estimate of drug-likeness (QED) is 0.898. The summed E-state index contributed by atoms with van der Waals surface area (Å²) in [5.41, 5.74) is 8.70. The molecule has 0 spiro atoms. The second-order valence-electron chi connectivity index (χ2n) is 7.45. The molecule has 1 heterocycles. The van der Waals surface area contributed by atoms with Gasteiger partial charge in [0, 0.05) is 11.5 Å². The number of piperidine rings is 1. The number of nitrogens with two attached hydrogens (primary N) is 1. The number of hydrogen-bond acceptors (Lipinski definition) is 3. The maximum absolute atomic E-state index is 11.0. The van der Waals surface area contributed by atoms with Crippen LogP contribution < -0.4 is 5.73 Å². The van der Waals surface area contributed by atoms with Crippen LogP contribution in [-0.2, 0) is 11.8 Å². The number of likely N-dealkylation sites (tertiary alicyclic amines) is 1. The van der Waals surface area contributed by atoms with Crippen LogP contribution in [0.25, 0.3) is 0 Å². The molecule has 1 saturated carbocycles. The summed E-state index contributed by atoms with van der Waals surface area (Å²) < 4.78 is 0. The SMILES string of the molecule is NCCCN1CC[C@@]23c4ccccc4C[C@@H]1[C@@H]2CCCC3O. The number of aliphatic hydroxyl groups is 1. The minimum Gasteiger partial charge on any atom is -0.392 e. The van der Waals surface area contributed by atoms with Crippen LogP contribution in [0.2, 0.25) is 0 Å². The lowest BCUT2D eigenvalue weighted by Gasteiger charge is -2.60. The minimum absolute atomic E-state index is 0.0248. The largest absolute Gasteiger partial charge is 0.392 e. The molecular weight excluding hydrogens is 272 g/mol. The Bertz CT molecular complexity index is 546. The Morgan fingerprint density at radius 3 is 3.00 bits per heavy atom. The summed E-state index contributed by atoms with van der Waals surface area (Å²) in [5.74, 6) is 0.623. The van der Waals surface area contributed by atoms with E-state index in [-0.39, 0.29) is 11.5 Å². The first-order valence-electron chi connectivity index (χ1n) is 8.98. The van der Waals surface area contributed by atoms with E-state index in [2.05, 4.69) is 29.2 Å². The Morgan fingerprint density at radius 2 is 2.14 bits per heavy atom. The van der Waals surface area contributed by atoms with Crippen molar-refractivity contribution in [3.8, 4) is 0 Å². The molecule has 2 aliphatic carbocycles. The highest BCUT2D eigenvalue weighted by Gasteiger charge is 2.57. The van der Waals surface area contributed by atoms with Crippen LogP contribution in [0.1, 0.15) is 43.2 Å². The second kappa shape index (κ2) is 5.63. The third kappa shape index (κ3) is 1.99. The average Bonchev–Trinajstić information content (AvgIpc) is 2.54. The molecule has 3 nitrogen and oxygen atoms in total. The van der Waals surface area contributed by atoms with Crippen LogP contribution in [-0.4, -0.2) is 41.8 Å². The molecule has 0 aromatic heterocycles. The zero-order valence-electron chi connectivity index (χ0n) is 13.4. The van der Waals surface area contributed by atoms with Gasteiger partial charge < -0.3 is 10.8 Å². The van der Waals surface area contributed by atoms with Crippen molar-refractivity contribution in [2.24, 2.45) is 11.7 Å². The zero-order chi connectivity index (χ0) is 15.2. The van der Waals surface area contributed by atoms with Crippen LogP contribution in [0.5, 0.6) is 0 Å². The molecule has 1 aromatic rings. The first-order chi connectivity index (χ1) is 10.8. The van der Waals surface area contributed by atoms with Crippen LogP contribution in [0, 0.1) is 5.92 Å². The average molecular weight is 300 g/mol. The lowest BCUT2D eigenvalue weighted by Crippen LogP contribution is -2.65. The molecule has 120 valence electrons. The maximum Gasteiger partial charge on any atom is 0.0640 e. The molecule has 3 aliphatic rings. The number of nitrogens with zero attached hydrogens (tertiary/aromatic N) is 1. The molecule has 3 heteroatoms. The molecule has 1 unspecified atom stereocenters. The van der Waals surface area contributed by atoms with E-state index in [9.17, 15) is 5.11 Å². The van der Waals surface area contributed by atoms with E-state index in [0.717, 1.165) is 45.3 Å². The van der Waals surface area contributed by atoms with E-state index in [4.69, 9.17) is 5.73 Å².